The first kappa shape index (κ1) is 16.2. The molecule has 0 aromatic carbocycles. The number of hydrogen-bond donors (Lipinski definition) is 1. The fourth-order valence-electron chi connectivity index (χ4n) is 4.14. The maximum atomic E-state index is 11.7. The van der Waals surface area contributed by atoms with Crippen LogP contribution in [0.3, 0.4) is 0 Å². The van der Waals surface area contributed by atoms with E-state index in [-0.39, 0.29) is 12.1 Å². The molecule has 3 atom stereocenters. The zero-order chi connectivity index (χ0) is 16.4. The number of aryl methyl sites for hydroxylation is 1. The minimum Gasteiger partial charge on any atom is -0.465 e. The number of anilines is 1. The van der Waals surface area contributed by atoms with Crippen molar-refractivity contribution in [2.24, 2.45) is 5.92 Å². The number of esters is 1. The van der Waals surface area contributed by atoms with Crippen molar-refractivity contribution in [1.29, 1.82) is 0 Å². The highest BCUT2D eigenvalue weighted by Crippen LogP contribution is 2.36. The summed E-state index contributed by atoms with van der Waals surface area (Å²) >= 11 is 0. The predicted molar refractivity (Wildman–Crippen MR) is 88.6 cm³/mol. The molecule has 0 bridgehead atoms. The van der Waals surface area contributed by atoms with Crippen molar-refractivity contribution < 1.29 is 14.6 Å². The van der Waals surface area contributed by atoms with Crippen LogP contribution in [-0.4, -0.2) is 41.9 Å². The standard InChI is InChI=1S/C18H26N2O3/c1-12-13(18(22)23-2)9-10-17(19-12)20-11-5-7-15(20)14-6-3-4-8-16(14)21/h9-10,14-16,21H,3-8,11H2,1-2H3/t14-,15+,16-/m0/s1. The summed E-state index contributed by atoms with van der Waals surface area (Å²) in [6.07, 6.45) is 6.42. The van der Waals surface area contributed by atoms with Gasteiger partial charge in [0.05, 0.1) is 24.5 Å². The number of carbonyl (C=O) groups is 1. The third-order valence-corrected chi connectivity index (χ3v) is 5.35. The molecular weight excluding hydrogens is 292 g/mol. The maximum absolute atomic E-state index is 11.7. The van der Waals surface area contributed by atoms with Crippen LogP contribution in [0.15, 0.2) is 12.1 Å². The quantitative estimate of drug-likeness (QED) is 0.868. The van der Waals surface area contributed by atoms with Gasteiger partial charge in [-0.25, -0.2) is 9.78 Å². The van der Waals surface area contributed by atoms with Crippen LogP contribution >= 0.6 is 0 Å². The van der Waals surface area contributed by atoms with Crippen molar-refractivity contribution >= 4 is 11.8 Å². The van der Waals surface area contributed by atoms with Gasteiger partial charge in [0.25, 0.3) is 0 Å². The number of hydrogen-bond acceptors (Lipinski definition) is 5. The minimum atomic E-state index is -0.345. The first-order chi connectivity index (χ1) is 11.1. The topological polar surface area (TPSA) is 62.7 Å². The second-order valence-electron chi connectivity index (χ2n) is 6.71. The van der Waals surface area contributed by atoms with Crippen molar-refractivity contribution in [1.82, 2.24) is 4.98 Å². The second kappa shape index (κ2) is 6.87. The van der Waals surface area contributed by atoms with E-state index >= 15 is 0 Å². The fourth-order valence-corrected chi connectivity index (χ4v) is 4.14. The first-order valence-corrected chi connectivity index (χ1v) is 8.62. The molecule has 0 unspecified atom stereocenters. The lowest BCUT2D eigenvalue weighted by Crippen LogP contribution is -2.43. The number of ether oxygens (including phenoxy) is 1. The van der Waals surface area contributed by atoms with Crippen LogP contribution in [0, 0.1) is 12.8 Å². The summed E-state index contributed by atoms with van der Waals surface area (Å²) in [5, 5.41) is 10.4. The molecule has 5 nitrogen and oxygen atoms in total. The maximum Gasteiger partial charge on any atom is 0.339 e. The van der Waals surface area contributed by atoms with Crippen LogP contribution in [0.2, 0.25) is 0 Å². The molecular formula is C18H26N2O3. The smallest absolute Gasteiger partial charge is 0.339 e. The Morgan fingerprint density at radius 2 is 2.04 bits per heavy atom. The zero-order valence-corrected chi connectivity index (χ0v) is 14.0. The van der Waals surface area contributed by atoms with Gasteiger partial charge in [-0.1, -0.05) is 12.8 Å². The molecule has 126 valence electrons. The van der Waals surface area contributed by atoms with Gasteiger partial charge in [0.1, 0.15) is 5.82 Å². The summed E-state index contributed by atoms with van der Waals surface area (Å²) in [6, 6.07) is 4.07. The molecule has 23 heavy (non-hydrogen) atoms. The van der Waals surface area contributed by atoms with Crippen molar-refractivity contribution in [3.8, 4) is 0 Å². The highest BCUT2D eigenvalue weighted by molar-refractivity contribution is 5.90. The molecule has 3 rings (SSSR count). The van der Waals surface area contributed by atoms with Gasteiger partial charge in [0.15, 0.2) is 0 Å². The number of aliphatic hydroxyl groups excluding tert-OH is 1. The summed E-state index contributed by atoms with van der Waals surface area (Å²) in [5.41, 5.74) is 1.22. The average Bonchev–Trinajstić information content (AvgIpc) is 3.04. The van der Waals surface area contributed by atoms with Gasteiger partial charge in [-0.15, -0.1) is 0 Å². The molecule has 1 aromatic heterocycles. The third kappa shape index (κ3) is 3.20. The summed E-state index contributed by atoms with van der Waals surface area (Å²) in [4.78, 5) is 18.7. The molecule has 2 aliphatic rings. The molecule has 1 N–H and O–H groups in total. The van der Waals surface area contributed by atoms with E-state index in [0.717, 1.165) is 44.5 Å². The van der Waals surface area contributed by atoms with E-state index in [1.54, 1.807) is 6.07 Å². The SMILES string of the molecule is COC(=O)c1ccc(N2CCC[C@@H]2[C@@H]2CCCC[C@@H]2O)nc1C. The van der Waals surface area contributed by atoms with Gasteiger partial charge in [0.2, 0.25) is 0 Å². The monoisotopic (exact) mass is 318 g/mol. The number of aliphatic hydroxyl groups is 1. The first-order valence-electron chi connectivity index (χ1n) is 8.62. The number of methoxy groups -OCH3 is 1. The van der Waals surface area contributed by atoms with E-state index in [2.05, 4.69) is 9.88 Å². The number of carbonyl (C=O) groups excluding carboxylic acids is 1. The van der Waals surface area contributed by atoms with Gasteiger partial charge in [-0.2, -0.15) is 0 Å². The van der Waals surface area contributed by atoms with Crippen LogP contribution in [-0.2, 0) is 4.74 Å². The lowest BCUT2D eigenvalue weighted by Gasteiger charge is -2.37. The fraction of sp³-hybridized carbons (Fsp3) is 0.667. The molecule has 1 saturated carbocycles. The third-order valence-electron chi connectivity index (χ3n) is 5.35. The zero-order valence-electron chi connectivity index (χ0n) is 14.0. The summed E-state index contributed by atoms with van der Waals surface area (Å²) in [5.74, 6) is 0.909. The Kier molecular flexibility index (Phi) is 4.85. The lowest BCUT2D eigenvalue weighted by atomic mass is 9.80. The van der Waals surface area contributed by atoms with Crippen molar-refractivity contribution in [2.45, 2.75) is 57.6 Å². The van der Waals surface area contributed by atoms with Crippen LogP contribution in [0.5, 0.6) is 0 Å². The van der Waals surface area contributed by atoms with Gasteiger partial charge < -0.3 is 14.7 Å². The molecule has 1 aromatic rings. The molecule has 5 heteroatoms. The van der Waals surface area contributed by atoms with Gasteiger partial charge >= 0.3 is 5.97 Å². The van der Waals surface area contributed by atoms with Gasteiger partial charge in [0, 0.05) is 18.5 Å². The van der Waals surface area contributed by atoms with Gasteiger partial charge in [-0.05, 0) is 44.7 Å². The number of rotatable bonds is 3. The Morgan fingerprint density at radius 3 is 2.74 bits per heavy atom. The highest BCUT2D eigenvalue weighted by Gasteiger charge is 2.37. The molecule has 0 spiro atoms. The number of nitrogens with zero attached hydrogens (tertiary/aromatic N) is 2. The normalized spacial score (nSPS) is 28.0. The van der Waals surface area contributed by atoms with E-state index in [1.807, 2.05) is 13.0 Å². The van der Waals surface area contributed by atoms with Gasteiger partial charge in [-0.3, -0.25) is 0 Å². The molecule has 1 saturated heterocycles. The van der Waals surface area contributed by atoms with Crippen molar-refractivity contribution in [3.05, 3.63) is 23.4 Å². The minimum absolute atomic E-state index is 0.190. The lowest BCUT2D eigenvalue weighted by molar-refractivity contribution is 0.0565. The Bertz CT molecular complexity index is 575. The van der Waals surface area contributed by atoms with E-state index in [1.165, 1.54) is 13.5 Å². The summed E-state index contributed by atoms with van der Waals surface area (Å²) < 4.78 is 4.79. The average molecular weight is 318 g/mol. The van der Waals surface area contributed by atoms with Crippen LogP contribution < -0.4 is 4.90 Å². The van der Waals surface area contributed by atoms with E-state index in [4.69, 9.17) is 4.74 Å². The van der Waals surface area contributed by atoms with Crippen molar-refractivity contribution in [3.63, 3.8) is 0 Å². The van der Waals surface area contributed by atoms with E-state index in [0.29, 0.717) is 23.2 Å². The Morgan fingerprint density at radius 1 is 1.26 bits per heavy atom. The molecule has 1 aliphatic carbocycles. The summed E-state index contributed by atoms with van der Waals surface area (Å²) in [6.45, 7) is 2.81. The Balaban J connectivity index is 1.82. The molecule has 1 aliphatic heterocycles. The number of aromatic nitrogens is 1. The van der Waals surface area contributed by atoms with E-state index in [9.17, 15) is 9.90 Å². The second-order valence-corrected chi connectivity index (χ2v) is 6.71. The number of pyridine rings is 1. The molecule has 0 radical (unpaired) electrons. The Hall–Kier alpha value is -1.62. The van der Waals surface area contributed by atoms with Crippen LogP contribution in [0.4, 0.5) is 5.82 Å². The summed E-state index contributed by atoms with van der Waals surface area (Å²) in [7, 11) is 1.39. The largest absolute Gasteiger partial charge is 0.465 e. The van der Waals surface area contributed by atoms with Crippen LogP contribution in [0.25, 0.3) is 0 Å². The highest BCUT2D eigenvalue weighted by atomic mass is 16.5. The predicted octanol–water partition coefficient (Wildman–Crippen LogP) is 2.70. The molecule has 2 fully saturated rings. The molecule has 2 heterocycles. The molecule has 0 amide bonds. The van der Waals surface area contributed by atoms with E-state index < -0.39 is 0 Å². The van der Waals surface area contributed by atoms with Crippen LogP contribution in [0.1, 0.15) is 54.6 Å². The van der Waals surface area contributed by atoms with Crippen molar-refractivity contribution in [2.75, 3.05) is 18.6 Å². The Labute approximate surface area is 137 Å².